The highest BCUT2D eigenvalue weighted by molar-refractivity contribution is 6.09. The van der Waals surface area contributed by atoms with Crippen molar-refractivity contribution in [1.82, 2.24) is 35.8 Å². The lowest BCUT2D eigenvalue weighted by molar-refractivity contribution is -0.143. The number of carbonyl (C=O) groups is 6. The van der Waals surface area contributed by atoms with E-state index in [0.717, 1.165) is 11.3 Å². The van der Waals surface area contributed by atoms with Crippen LogP contribution in [0, 0.1) is 17.3 Å². The largest absolute Gasteiger partial charge is 0.444 e. The number of likely N-dealkylation sites (N-methyl/N-ethyl adjacent to an activating group) is 1. The molecule has 2 aromatic heterocycles. The molecular formula is C43H67N7O8. The topological polar surface area (TPSA) is 210 Å². The van der Waals surface area contributed by atoms with Gasteiger partial charge in [-0.1, -0.05) is 72.2 Å². The van der Waals surface area contributed by atoms with Crippen LogP contribution in [-0.4, -0.2) is 93.1 Å². The smallest absolute Gasteiger partial charge is 0.408 e. The number of likely N-dealkylation sites (tertiary alicyclic amines) is 1. The fraction of sp³-hybridized carbons (Fsp3) is 0.512. The van der Waals surface area contributed by atoms with Crippen LogP contribution >= 0.6 is 0 Å². The molecule has 2 saturated carbocycles. The van der Waals surface area contributed by atoms with Crippen LogP contribution in [0.4, 0.5) is 4.79 Å². The van der Waals surface area contributed by atoms with E-state index < -0.39 is 34.7 Å². The third kappa shape index (κ3) is 13.7. The van der Waals surface area contributed by atoms with Crippen molar-refractivity contribution in [2.75, 3.05) is 13.6 Å². The van der Waals surface area contributed by atoms with Gasteiger partial charge in [0.2, 0.25) is 17.7 Å². The first-order chi connectivity index (χ1) is 26.8. The van der Waals surface area contributed by atoms with Gasteiger partial charge >= 0.3 is 6.09 Å². The number of nitrogens with zero attached hydrogens (tertiary/aromatic N) is 3. The monoisotopic (exact) mass is 810 g/mol. The molecule has 1 saturated heterocycles. The number of carbonyl (C=O) groups excluding carboxylic acids is 6. The third-order valence-corrected chi connectivity index (χ3v) is 9.40. The summed E-state index contributed by atoms with van der Waals surface area (Å²) in [6.07, 6.45) is 10.8. The Morgan fingerprint density at radius 1 is 1.05 bits per heavy atom. The minimum atomic E-state index is -1.01. The van der Waals surface area contributed by atoms with Crippen molar-refractivity contribution in [2.45, 2.75) is 111 Å². The highest BCUT2D eigenvalue weighted by Gasteiger charge is 2.60. The van der Waals surface area contributed by atoms with Crippen LogP contribution in [0.1, 0.15) is 92.3 Å². The Morgan fingerprint density at radius 3 is 2.19 bits per heavy atom. The van der Waals surface area contributed by atoms with Crippen LogP contribution < -0.4 is 21.5 Å². The number of hydrogen-bond acceptors (Lipinski definition) is 10. The summed E-state index contributed by atoms with van der Waals surface area (Å²) in [5, 5.41) is 9.74. The number of H-pyrrole nitrogens is 1. The van der Waals surface area contributed by atoms with Gasteiger partial charge in [-0.05, 0) is 68.9 Å². The molecule has 2 aliphatic carbocycles. The molecule has 4 atom stereocenters. The zero-order chi connectivity index (χ0) is 42.6. The Morgan fingerprint density at radius 2 is 1.69 bits per heavy atom. The number of amides is 4. The lowest BCUT2D eigenvalue weighted by Gasteiger charge is -2.36. The summed E-state index contributed by atoms with van der Waals surface area (Å²) >= 11 is 0. The van der Waals surface area contributed by atoms with Crippen LogP contribution in [0.3, 0.4) is 0 Å². The van der Waals surface area contributed by atoms with Gasteiger partial charge in [-0.2, -0.15) is 0 Å². The molecule has 0 radical (unpaired) electrons. The molecule has 4 N–H and O–H groups in total. The summed E-state index contributed by atoms with van der Waals surface area (Å²) in [6, 6.07) is 7.78. The number of pyridine rings is 1. The van der Waals surface area contributed by atoms with E-state index in [4.69, 9.17) is 14.3 Å². The van der Waals surface area contributed by atoms with Gasteiger partial charge in [0.25, 0.3) is 5.56 Å². The predicted molar refractivity (Wildman–Crippen MR) is 230 cm³/mol. The lowest BCUT2D eigenvalue weighted by Crippen LogP contribution is -2.60. The molecule has 3 aliphatic rings. The lowest BCUT2D eigenvalue weighted by atomic mass is 9.85. The van der Waals surface area contributed by atoms with Crippen LogP contribution in [0.25, 0.3) is 22.2 Å². The molecule has 3 aromatic rings. The molecule has 58 heavy (non-hydrogen) atoms. The minimum Gasteiger partial charge on any atom is -0.444 e. The third-order valence-electron chi connectivity index (χ3n) is 9.40. The van der Waals surface area contributed by atoms with E-state index in [0.29, 0.717) is 42.6 Å². The number of rotatable bonds is 8. The van der Waals surface area contributed by atoms with E-state index in [-0.39, 0.29) is 53.5 Å². The van der Waals surface area contributed by atoms with Gasteiger partial charge in [0, 0.05) is 41.6 Å². The fourth-order valence-electron chi connectivity index (χ4n) is 6.06. The zero-order valence-corrected chi connectivity index (χ0v) is 34.2. The van der Waals surface area contributed by atoms with Crippen molar-refractivity contribution in [2.24, 2.45) is 17.3 Å². The molecule has 1 aromatic carbocycles. The van der Waals surface area contributed by atoms with Gasteiger partial charge < -0.3 is 30.6 Å². The molecule has 0 bridgehead atoms. The molecular weight excluding hydrogens is 743 g/mol. The van der Waals surface area contributed by atoms with Crippen molar-refractivity contribution in [1.29, 1.82) is 0 Å². The molecule has 0 unspecified atom stereocenters. The number of aromatic nitrogens is 3. The molecule has 3 heterocycles. The minimum absolute atomic E-state index is 0. The van der Waals surface area contributed by atoms with Gasteiger partial charge in [0.1, 0.15) is 28.9 Å². The first kappa shape index (κ1) is 48.4. The Bertz CT molecular complexity index is 1960. The summed E-state index contributed by atoms with van der Waals surface area (Å²) < 4.78 is 5.33. The van der Waals surface area contributed by atoms with E-state index in [9.17, 15) is 24.0 Å². The van der Waals surface area contributed by atoms with Crippen LogP contribution in [-0.2, 0) is 28.7 Å². The molecule has 6 rings (SSSR count). The average molecular weight is 810 g/mol. The number of benzene rings is 1. The van der Waals surface area contributed by atoms with E-state index in [1.165, 1.54) is 24.8 Å². The van der Waals surface area contributed by atoms with Crippen molar-refractivity contribution in [3.63, 3.8) is 0 Å². The van der Waals surface area contributed by atoms with Gasteiger partial charge in [-0.3, -0.25) is 38.7 Å². The van der Waals surface area contributed by atoms with Crippen molar-refractivity contribution in [3.8, 4) is 11.4 Å². The van der Waals surface area contributed by atoms with Crippen molar-refractivity contribution < 1.29 is 37.8 Å². The van der Waals surface area contributed by atoms with Crippen molar-refractivity contribution in [3.05, 3.63) is 71.9 Å². The second kappa shape index (κ2) is 21.1. The Balaban J connectivity index is 0. The number of alkyl carbamates (subject to hydrolysis) is 1. The van der Waals surface area contributed by atoms with Gasteiger partial charge in [-0.15, -0.1) is 6.58 Å². The highest BCUT2D eigenvalue weighted by Crippen LogP contribution is 2.45. The molecule has 322 valence electrons. The zero-order valence-electron chi connectivity index (χ0n) is 34.2. The summed E-state index contributed by atoms with van der Waals surface area (Å²) in [7, 11) is 1.52. The molecule has 1 aliphatic heterocycles. The maximum Gasteiger partial charge on any atom is 0.408 e. The Kier molecular flexibility index (Phi) is 17.7. The highest BCUT2D eigenvalue weighted by atomic mass is 16.6. The summed E-state index contributed by atoms with van der Waals surface area (Å²) in [6.45, 7) is 17.2. The SMILES string of the molecule is C.C=C[C@@H]1C[C@]1(NC(=O)[C@@H]1CCCN1C(=O)[C@@H](NC(=O)OC(C)(C)C)C(C)(C)C)C(=O)NC.CC1CC1.O=CC=O.O=c1[nH]c(-c2cnccn2)cc2ccccc12.[HH].[HH].[HH]. The van der Waals surface area contributed by atoms with Gasteiger partial charge in [0.05, 0.1) is 11.9 Å². The second-order valence-corrected chi connectivity index (χ2v) is 16.4. The number of nitrogens with one attached hydrogen (secondary N) is 4. The van der Waals surface area contributed by atoms with Crippen LogP contribution in [0.5, 0.6) is 0 Å². The van der Waals surface area contributed by atoms with Gasteiger partial charge in [-0.25, -0.2) is 4.79 Å². The summed E-state index contributed by atoms with van der Waals surface area (Å²) in [5.41, 5.74) is -1.08. The predicted octanol–water partition coefficient (Wildman–Crippen LogP) is 5.88. The van der Waals surface area contributed by atoms with Crippen molar-refractivity contribution >= 4 is 47.2 Å². The number of aldehydes is 2. The maximum absolute atomic E-state index is 13.5. The number of ether oxygens (including phenoxy) is 1. The fourth-order valence-corrected chi connectivity index (χ4v) is 6.06. The summed E-state index contributed by atoms with van der Waals surface area (Å²) in [5.74, 6) is -0.0429. The Labute approximate surface area is 345 Å². The molecule has 4 amide bonds. The molecule has 0 spiro atoms. The maximum atomic E-state index is 13.5. The van der Waals surface area contributed by atoms with E-state index in [2.05, 4.69) is 44.4 Å². The number of aromatic amines is 1. The van der Waals surface area contributed by atoms with E-state index in [1.54, 1.807) is 51.5 Å². The van der Waals surface area contributed by atoms with E-state index in [1.807, 2.05) is 45.0 Å². The Hall–Kier alpha value is -5.73. The van der Waals surface area contributed by atoms with Crippen LogP contribution in [0.2, 0.25) is 0 Å². The molecule has 3 fully saturated rings. The van der Waals surface area contributed by atoms with Gasteiger partial charge in [0.15, 0.2) is 12.6 Å². The van der Waals surface area contributed by atoms with E-state index >= 15 is 0 Å². The summed E-state index contributed by atoms with van der Waals surface area (Å²) in [4.78, 5) is 93.4. The average Bonchev–Trinajstić information content (AvgIpc) is 4.06. The molecule has 15 nitrogen and oxygen atoms in total. The van der Waals surface area contributed by atoms with Crippen LogP contribution in [0.15, 0.2) is 66.4 Å². The number of fused-ring (bicyclic) bond motifs is 1. The second-order valence-electron chi connectivity index (χ2n) is 16.4. The first-order valence-corrected chi connectivity index (χ1v) is 19.1. The quantitative estimate of drug-likeness (QED) is 0.121. The first-order valence-electron chi connectivity index (χ1n) is 19.1. The number of hydrogen-bond donors (Lipinski definition) is 4. The standard InChI is InChI=1S/C23H38N4O5.C13H9N3O.C4H8.C2H2O2.CH4.3H2/c1-9-14-13-23(14,19(30)24-8)26-17(28)15-11-10-12-27(15)18(29)16(21(2,3)4)25-20(31)32-22(5,6)7;17-13-10-4-2-1-3-9(10)7-11(16-13)12-8-14-5-6-15-12;1-4-2-3-4;3-1-2-4;;;;/h9,14-16H,1,10-13H2,2-8H3,(H,24,30)(H,25,31)(H,26,28);1-8H,(H,16,17);4H,2-3H2,1H3;1-2H;1H4;3*1H/t14-,15+,16-,23-;;;;;;;/m1......./s1. The molecule has 15 heteroatoms. The normalized spacial score (nSPS) is 19.6.